The number of aliphatic imine (C=N–C) groups is 1. The van der Waals surface area contributed by atoms with Gasteiger partial charge in [-0.15, -0.1) is 0 Å². The summed E-state index contributed by atoms with van der Waals surface area (Å²) in [7, 11) is 0. The number of benzene rings is 1. The lowest BCUT2D eigenvalue weighted by Crippen LogP contribution is -2.22. The molecule has 140 valence electrons. The van der Waals surface area contributed by atoms with Crippen molar-refractivity contribution >= 4 is 11.5 Å². The Morgan fingerprint density at radius 1 is 1.19 bits per heavy atom. The maximum Gasteiger partial charge on any atom is 0.159 e. The number of rotatable bonds is 3. The van der Waals surface area contributed by atoms with E-state index in [1.807, 2.05) is 13.8 Å². The van der Waals surface area contributed by atoms with Crippen LogP contribution in [-0.4, -0.2) is 26.3 Å². The number of fused-ring (bicyclic) bond motifs is 1. The summed E-state index contributed by atoms with van der Waals surface area (Å²) in [6, 6.07) is 6.52. The molecular weight excluding hydrogens is 344 g/mol. The van der Waals surface area contributed by atoms with E-state index in [4.69, 9.17) is 4.52 Å². The number of hydrogen-bond acceptors (Lipinski definition) is 5. The van der Waals surface area contributed by atoms with E-state index in [9.17, 15) is 10.3 Å². The summed E-state index contributed by atoms with van der Waals surface area (Å²) in [5.74, 6) is 1.24. The van der Waals surface area contributed by atoms with Crippen molar-refractivity contribution in [1.29, 1.82) is 0 Å². The first kappa shape index (κ1) is 17.4. The Labute approximate surface area is 156 Å². The van der Waals surface area contributed by atoms with E-state index in [0.29, 0.717) is 17.3 Å². The number of nitrogens with one attached hydrogen (secondary N) is 2. The van der Waals surface area contributed by atoms with Crippen molar-refractivity contribution < 1.29 is 14.8 Å². The van der Waals surface area contributed by atoms with E-state index in [1.165, 1.54) is 5.69 Å². The second-order valence-corrected chi connectivity index (χ2v) is 6.83. The van der Waals surface area contributed by atoms with Crippen molar-refractivity contribution in [3.63, 3.8) is 0 Å². The Balaban J connectivity index is 1.92. The summed E-state index contributed by atoms with van der Waals surface area (Å²) in [6.07, 6.45) is 4.10. The monoisotopic (exact) mass is 366 g/mol. The van der Waals surface area contributed by atoms with Gasteiger partial charge in [-0.05, 0) is 69.4 Å². The van der Waals surface area contributed by atoms with Gasteiger partial charge in [0.05, 0.1) is 22.6 Å². The minimum atomic E-state index is 0.169. The molecule has 0 aliphatic heterocycles. The molecule has 0 unspecified atom stereocenters. The third-order valence-corrected chi connectivity index (χ3v) is 5.01. The molecule has 2 heterocycles. The topological polar surface area (TPSA) is 107 Å². The molecule has 1 aliphatic rings. The van der Waals surface area contributed by atoms with Crippen LogP contribution in [-0.2, 0) is 12.8 Å². The van der Waals surface area contributed by atoms with Gasteiger partial charge in [0, 0.05) is 11.3 Å². The largest absolute Gasteiger partial charge is 0.508 e. The molecular formula is C20H22N4O3. The molecule has 4 rings (SSSR count). The molecule has 7 nitrogen and oxygen atoms in total. The molecule has 2 aromatic heterocycles. The number of H-pyrrole nitrogens is 1. The zero-order valence-electron chi connectivity index (χ0n) is 15.3. The summed E-state index contributed by atoms with van der Waals surface area (Å²) in [5.41, 5.74) is 8.61. The molecule has 4 N–H and O–H groups in total. The zero-order valence-corrected chi connectivity index (χ0v) is 15.3. The molecule has 0 saturated carbocycles. The second-order valence-electron chi connectivity index (χ2n) is 6.83. The fraction of sp³-hybridized carbons (Fsp3) is 0.300. The van der Waals surface area contributed by atoms with Crippen LogP contribution >= 0.6 is 0 Å². The molecule has 0 fully saturated rings. The van der Waals surface area contributed by atoms with E-state index in [0.717, 1.165) is 53.8 Å². The van der Waals surface area contributed by atoms with Crippen LogP contribution in [0.25, 0.3) is 11.3 Å². The minimum absolute atomic E-state index is 0.169. The average Bonchev–Trinajstić information content (AvgIpc) is 3.20. The third-order valence-electron chi connectivity index (χ3n) is 5.01. The highest BCUT2D eigenvalue weighted by atomic mass is 16.5. The highest BCUT2D eigenvalue weighted by Gasteiger charge is 2.27. The molecule has 0 atom stereocenters. The number of aromatic nitrogens is 2. The lowest BCUT2D eigenvalue weighted by Gasteiger charge is -2.14. The molecule has 27 heavy (non-hydrogen) atoms. The van der Waals surface area contributed by atoms with Gasteiger partial charge in [-0.3, -0.25) is 10.7 Å². The fourth-order valence-corrected chi connectivity index (χ4v) is 3.77. The number of aromatic hydroxyl groups is 1. The summed E-state index contributed by atoms with van der Waals surface area (Å²) in [4.78, 5) is 8.10. The van der Waals surface area contributed by atoms with E-state index in [1.54, 1.807) is 24.3 Å². The van der Waals surface area contributed by atoms with Crippen LogP contribution in [0, 0.1) is 13.8 Å². The summed E-state index contributed by atoms with van der Waals surface area (Å²) in [5, 5.41) is 23.5. The Morgan fingerprint density at radius 2 is 1.93 bits per heavy atom. The molecule has 0 spiro atoms. The van der Waals surface area contributed by atoms with Crippen molar-refractivity contribution in [2.24, 2.45) is 4.99 Å². The highest BCUT2D eigenvalue weighted by Crippen LogP contribution is 2.36. The van der Waals surface area contributed by atoms with E-state index in [2.05, 4.69) is 20.6 Å². The van der Waals surface area contributed by atoms with Crippen LogP contribution in [0.5, 0.6) is 5.75 Å². The molecule has 7 heteroatoms. The lowest BCUT2D eigenvalue weighted by atomic mass is 9.93. The van der Waals surface area contributed by atoms with Crippen molar-refractivity contribution in [3.05, 3.63) is 52.5 Å². The Bertz CT molecular complexity index is 980. The van der Waals surface area contributed by atoms with Crippen molar-refractivity contribution in [2.45, 2.75) is 39.5 Å². The molecule has 1 aromatic carbocycles. The van der Waals surface area contributed by atoms with E-state index >= 15 is 0 Å². The second kappa shape index (κ2) is 6.92. The number of nitrogens with zero attached hydrogens (tertiary/aromatic N) is 2. The number of hydroxylamine groups is 1. The molecule has 0 bridgehead atoms. The minimum Gasteiger partial charge on any atom is -0.508 e. The third kappa shape index (κ3) is 3.10. The average molecular weight is 366 g/mol. The molecule has 0 saturated heterocycles. The van der Waals surface area contributed by atoms with E-state index < -0.39 is 0 Å². The van der Waals surface area contributed by atoms with Gasteiger partial charge in [0.15, 0.2) is 5.84 Å². The number of aromatic amines is 1. The quantitative estimate of drug-likeness (QED) is 0.319. The maximum atomic E-state index is 9.89. The lowest BCUT2D eigenvalue weighted by molar-refractivity contribution is 0.235. The van der Waals surface area contributed by atoms with Crippen LogP contribution in [0.1, 0.15) is 41.1 Å². The SMILES string of the molecule is Cc1noc(C)c1-c1[nH]c2c(c1C(=Nc1ccc(O)cc1)NO)CCCC2. The van der Waals surface area contributed by atoms with Gasteiger partial charge in [0.25, 0.3) is 0 Å². The van der Waals surface area contributed by atoms with Crippen LogP contribution in [0.3, 0.4) is 0 Å². The van der Waals surface area contributed by atoms with Crippen LogP contribution in [0.2, 0.25) is 0 Å². The van der Waals surface area contributed by atoms with Crippen LogP contribution in [0.4, 0.5) is 5.69 Å². The standard InChI is InChI=1S/C20H22N4O3/c1-11-17(12(2)27-24-11)19-18(15-5-3-4-6-16(15)22-19)20(23-26)21-13-7-9-14(25)10-8-13/h7-10,22,25-26H,3-6H2,1-2H3,(H,21,23). The molecule has 0 radical (unpaired) electrons. The van der Waals surface area contributed by atoms with Gasteiger partial charge in [-0.25, -0.2) is 4.99 Å². The first-order chi connectivity index (χ1) is 13.1. The smallest absolute Gasteiger partial charge is 0.159 e. The zero-order chi connectivity index (χ0) is 19.0. The summed E-state index contributed by atoms with van der Waals surface area (Å²) in [6.45, 7) is 3.78. The number of phenols is 1. The molecule has 3 aromatic rings. The van der Waals surface area contributed by atoms with Gasteiger partial charge in [-0.2, -0.15) is 0 Å². The normalized spacial score (nSPS) is 14.3. The highest BCUT2D eigenvalue weighted by molar-refractivity contribution is 6.06. The van der Waals surface area contributed by atoms with Gasteiger partial charge < -0.3 is 14.6 Å². The van der Waals surface area contributed by atoms with Gasteiger partial charge in [0.2, 0.25) is 0 Å². The Morgan fingerprint density at radius 3 is 2.59 bits per heavy atom. The summed E-state index contributed by atoms with van der Waals surface area (Å²) < 4.78 is 5.36. The van der Waals surface area contributed by atoms with Gasteiger partial charge in [-0.1, -0.05) is 5.16 Å². The number of aryl methyl sites for hydroxylation is 3. The van der Waals surface area contributed by atoms with Crippen molar-refractivity contribution in [3.8, 4) is 17.0 Å². The predicted molar refractivity (Wildman–Crippen MR) is 102 cm³/mol. The fourth-order valence-electron chi connectivity index (χ4n) is 3.77. The first-order valence-electron chi connectivity index (χ1n) is 9.03. The maximum absolute atomic E-state index is 9.89. The Hall–Kier alpha value is -3.06. The van der Waals surface area contributed by atoms with Gasteiger partial charge >= 0.3 is 0 Å². The van der Waals surface area contributed by atoms with Crippen LogP contribution < -0.4 is 5.48 Å². The first-order valence-corrected chi connectivity index (χ1v) is 9.03. The van der Waals surface area contributed by atoms with Gasteiger partial charge in [0.1, 0.15) is 11.5 Å². The number of amidine groups is 1. The van der Waals surface area contributed by atoms with Crippen molar-refractivity contribution in [2.75, 3.05) is 0 Å². The predicted octanol–water partition coefficient (Wildman–Crippen LogP) is 3.93. The van der Waals surface area contributed by atoms with Crippen molar-refractivity contribution in [1.82, 2.24) is 15.6 Å². The van der Waals surface area contributed by atoms with E-state index in [-0.39, 0.29) is 5.75 Å². The molecule has 0 amide bonds. The Kier molecular flexibility index (Phi) is 4.45. The summed E-state index contributed by atoms with van der Waals surface area (Å²) >= 11 is 0. The number of hydrogen-bond donors (Lipinski definition) is 4. The number of phenolic OH excluding ortho intramolecular Hbond substituents is 1. The van der Waals surface area contributed by atoms with Crippen LogP contribution in [0.15, 0.2) is 33.8 Å². The molecule has 1 aliphatic carbocycles.